The van der Waals surface area contributed by atoms with Gasteiger partial charge in [-0.3, -0.25) is 9.24 Å². The monoisotopic (exact) mass is 114 g/mol. The van der Waals surface area contributed by atoms with Gasteiger partial charge in [0.25, 0.3) is 7.29 Å². The van der Waals surface area contributed by atoms with E-state index in [2.05, 4.69) is 4.99 Å². The van der Waals surface area contributed by atoms with E-state index in [1.807, 2.05) is 4.67 Å². The van der Waals surface area contributed by atoms with Gasteiger partial charge in [0.05, 0.1) is 6.54 Å². The first-order chi connectivity index (χ1) is 3.33. The lowest BCUT2D eigenvalue weighted by Gasteiger charge is -2.18. The van der Waals surface area contributed by atoms with E-state index in [-0.39, 0.29) is 5.78 Å². The van der Waals surface area contributed by atoms with Crippen LogP contribution in [0, 0.1) is 0 Å². The van der Waals surface area contributed by atoms with E-state index in [1.54, 1.807) is 0 Å². The maximum Gasteiger partial charge on any atom is 0.261 e. The summed E-state index contributed by atoms with van der Waals surface area (Å²) < 4.78 is 12.8. The molecule has 3 aliphatic heterocycles. The third-order valence-corrected chi connectivity index (χ3v) is 4.74. The molecule has 36 valence electrons. The smallest absolute Gasteiger partial charge is 0.261 e. The molecule has 0 amide bonds. The Bertz CT molecular complexity index is 225. The molecule has 2 atom stereocenters. The fourth-order valence-electron chi connectivity index (χ4n) is 1.26. The SMILES string of the molecule is O=P12C3=NC1CN32. The van der Waals surface area contributed by atoms with Crippen molar-refractivity contribution in [3.8, 4) is 0 Å². The van der Waals surface area contributed by atoms with Crippen molar-refractivity contribution in [3.05, 3.63) is 0 Å². The minimum absolute atomic E-state index is 0.266. The summed E-state index contributed by atoms with van der Waals surface area (Å²) in [5.74, 6) is 0.266. The molecule has 0 aliphatic carbocycles. The summed E-state index contributed by atoms with van der Waals surface area (Å²) in [6.07, 6.45) is 0. The number of rotatable bonds is 0. The summed E-state index contributed by atoms with van der Waals surface area (Å²) in [5.41, 5.74) is 0.928. The minimum Gasteiger partial charge on any atom is -0.293 e. The molecule has 0 spiro atoms. The second-order valence-electron chi connectivity index (χ2n) is 2.11. The molecule has 7 heavy (non-hydrogen) atoms. The second-order valence-corrected chi connectivity index (χ2v) is 4.84. The average molecular weight is 114 g/mol. The van der Waals surface area contributed by atoms with Gasteiger partial charge in [-0.2, -0.15) is 0 Å². The lowest BCUT2D eigenvalue weighted by molar-refractivity contribution is 0.518. The van der Waals surface area contributed by atoms with Crippen LogP contribution in [-0.4, -0.2) is 22.6 Å². The van der Waals surface area contributed by atoms with Crippen LogP contribution in [0.3, 0.4) is 0 Å². The Hall–Kier alpha value is -0.300. The molecule has 3 rings (SSSR count). The Morgan fingerprint density at radius 3 is 2.86 bits per heavy atom. The molecule has 0 aromatic heterocycles. The number of amidine groups is 1. The van der Waals surface area contributed by atoms with Crippen LogP contribution in [0.25, 0.3) is 0 Å². The van der Waals surface area contributed by atoms with Gasteiger partial charge >= 0.3 is 0 Å². The van der Waals surface area contributed by atoms with Gasteiger partial charge < -0.3 is 0 Å². The molecule has 0 saturated carbocycles. The Morgan fingerprint density at radius 1 is 2.00 bits per heavy atom. The van der Waals surface area contributed by atoms with Crippen molar-refractivity contribution in [2.24, 2.45) is 4.99 Å². The van der Waals surface area contributed by atoms with Crippen LogP contribution < -0.4 is 0 Å². The van der Waals surface area contributed by atoms with Crippen LogP contribution in [0.5, 0.6) is 0 Å². The molecule has 2 saturated heterocycles. The molecule has 2 unspecified atom stereocenters. The molecular weight excluding hydrogens is 111 g/mol. The molecule has 0 radical (unpaired) electrons. The van der Waals surface area contributed by atoms with Gasteiger partial charge in [0, 0.05) is 0 Å². The van der Waals surface area contributed by atoms with E-state index in [0.29, 0.717) is 0 Å². The highest BCUT2D eigenvalue weighted by molar-refractivity contribution is 7.93. The average Bonchev–Trinajstić information content (AvgIpc) is 2.27. The maximum absolute atomic E-state index is 10.9. The van der Waals surface area contributed by atoms with E-state index in [1.165, 1.54) is 0 Å². The Kier molecular flexibility index (Phi) is 0.185. The zero-order valence-corrected chi connectivity index (χ0v) is 4.43. The van der Waals surface area contributed by atoms with Gasteiger partial charge in [-0.05, 0) is 0 Å². The van der Waals surface area contributed by atoms with Gasteiger partial charge in [0.2, 0.25) is 0 Å². The predicted octanol–water partition coefficient (Wildman–Crippen LogP) is 0.289. The van der Waals surface area contributed by atoms with Crippen LogP contribution in [0.2, 0.25) is 0 Å². The van der Waals surface area contributed by atoms with E-state index in [4.69, 9.17) is 0 Å². The minimum atomic E-state index is -1.71. The van der Waals surface area contributed by atoms with Crippen molar-refractivity contribution in [1.29, 1.82) is 0 Å². The van der Waals surface area contributed by atoms with Gasteiger partial charge in [0.15, 0.2) is 5.58 Å². The normalized spacial score (nSPS) is 59.1. The summed E-state index contributed by atoms with van der Waals surface area (Å²) in [6, 6.07) is 0. The highest BCUT2D eigenvalue weighted by atomic mass is 31.2. The van der Waals surface area contributed by atoms with Gasteiger partial charge in [-0.25, -0.2) is 4.99 Å². The molecule has 3 heterocycles. The van der Waals surface area contributed by atoms with Gasteiger partial charge in [0.1, 0.15) is 5.78 Å². The topological polar surface area (TPSA) is 32.4 Å². The van der Waals surface area contributed by atoms with E-state index in [9.17, 15) is 4.57 Å². The molecule has 2 fully saturated rings. The quantitative estimate of drug-likeness (QED) is 0.335. The van der Waals surface area contributed by atoms with E-state index in [0.717, 1.165) is 12.1 Å². The van der Waals surface area contributed by atoms with Crippen LogP contribution in [0.15, 0.2) is 4.99 Å². The molecule has 0 bridgehead atoms. The van der Waals surface area contributed by atoms with Crippen LogP contribution in [0.1, 0.15) is 0 Å². The van der Waals surface area contributed by atoms with Crippen molar-refractivity contribution in [2.75, 3.05) is 6.54 Å². The first-order valence-corrected chi connectivity index (χ1v) is 4.02. The third-order valence-electron chi connectivity index (χ3n) is 1.84. The number of aliphatic imine (C=N–C) groups is 1. The van der Waals surface area contributed by atoms with Gasteiger partial charge in [-0.1, -0.05) is 0 Å². The molecule has 3 aliphatic rings. The molecule has 3 nitrogen and oxygen atoms in total. The van der Waals surface area contributed by atoms with Gasteiger partial charge in [-0.15, -0.1) is 0 Å². The number of hydrogen-bond acceptors (Lipinski definition) is 2. The molecule has 0 aromatic rings. The third kappa shape index (κ3) is 0.102. The van der Waals surface area contributed by atoms with Crippen molar-refractivity contribution >= 4 is 12.9 Å². The number of fused-ring (bicyclic) bond motifs is 1. The molecule has 0 N–H and O–H groups in total. The number of nitrogens with zero attached hydrogens (tertiary/aromatic N) is 2. The molecular formula is C3H3N2OP. The largest absolute Gasteiger partial charge is 0.293 e. The summed E-state index contributed by atoms with van der Waals surface area (Å²) in [6.45, 7) is 0.965. The zero-order chi connectivity index (χ0) is 4.65. The molecule has 4 heteroatoms. The lowest BCUT2D eigenvalue weighted by atomic mass is 10.7. The second kappa shape index (κ2) is 0.451. The van der Waals surface area contributed by atoms with Crippen molar-refractivity contribution in [1.82, 2.24) is 4.67 Å². The van der Waals surface area contributed by atoms with Crippen molar-refractivity contribution in [3.63, 3.8) is 0 Å². The lowest BCUT2D eigenvalue weighted by Crippen LogP contribution is -2.20. The Morgan fingerprint density at radius 2 is 2.86 bits per heavy atom. The summed E-state index contributed by atoms with van der Waals surface area (Å²) in [7, 11) is -1.71. The Balaban J connectivity index is 2.52. The standard InChI is InChI=1S/C3H3N2OP/c6-7-2-1-5(7)3(7)4-2/h2H,1H2. The summed E-state index contributed by atoms with van der Waals surface area (Å²) in [4.78, 5) is 4.02. The summed E-state index contributed by atoms with van der Waals surface area (Å²) >= 11 is 0. The van der Waals surface area contributed by atoms with Crippen LogP contribution in [0.4, 0.5) is 0 Å². The zero-order valence-electron chi connectivity index (χ0n) is 3.53. The highest BCUT2D eigenvalue weighted by Gasteiger charge is 2.78. The molecule has 0 aromatic carbocycles. The maximum atomic E-state index is 10.9. The van der Waals surface area contributed by atoms with E-state index < -0.39 is 7.29 Å². The number of hydrogen-bond donors (Lipinski definition) is 0. The van der Waals surface area contributed by atoms with Crippen molar-refractivity contribution in [2.45, 2.75) is 5.78 Å². The first-order valence-electron chi connectivity index (χ1n) is 2.29. The van der Waals surface area contributed by atoms with Crippen molar-refractivity contribution < 1.29 is 4.57 Å². The Labute approximate surface area is 40.5 Å². The fraction of sp³-hybridized carbons (Fsp3) is 0.667. The van der Waals surface area contributed by atoms with Crippen LogP contribution in [-0.2, 0) is 4.57 Å². The first kappa shape index (κ1) is 2.88. The summed E-state index contributed by atoms with van der Waals surface area (Å²) in [5, 5.41) is 0. The van der Waals surface area contributed by atoms with Crippen LogP contribution >= 0.6 is 7.29 Å². The predicted molar refractivity (Wildman–Crippen MR) is 25.5 cm³/mol. The van der Waals surface area contributed by atoms with E-state index >= 15 is 0 Å². The highest BCUT2D eigenvalue weighted by Crippen LogP contribution is 2.85. The fourth-order valence-corrected chi connectivity index (χ4v) is 3.62.